The molecular weight excluding hydrogens is 258 g/mol. The van der Waals surface area contributed by atoms with Crippen molar-refractivity contribution in [2.75, 3.05) is 0 Å². The molecule has 0 aromatic heterocycles. The predicted octanol–water partition coefficient (Wildman–Crippen LogP) is 3.73. The second-order valence-electron chi connectivity index (χ2n) is 5.06. The van der Waals surface area contributed by atoms with Gasteiger partial charge in [0.2, 0.25) is 0 Å². The van der Waals surface area contributed by atoms with Crippen molar-refractivity contribution in [3.63, 3.8) is 0 Å². The maximum absolute atomic E-state index is 6.35. The Hall–Kier alpha value is -1.35. The van der Waals surface area contributed by atoms with Crippen molar-refractivity contribution in [2.45, 2.75) is 26.2 Å². The third-order valence-electron chi connectivity index (χ3n) is 3.53. The van der Waals surface area contributed by atoms with Crippen LogP contribution < -0.4 is 5.73 Å². The zero-order valence-electron chi connectivity index (χ0n) is 10.8. The maximum atomic E-state index is 6.35. The molecule has 19 heavy (non-hydrogen) atoms. The van der Waals surface area contributed by atoms with Crippen LogP contribution >= 0.6 is 11.6 Å². The second-order valence-corrected chi connectivity index (χ2v) is 5.50. The number of fused-ring (bicyclic) bond motifs is 1. The lowest BCUT2D eigenvalue weighted by Crippen LogP contribution is -2.12. The molecule has 2 N–H and O–H groups in total. The minimum absolute atomic E-state index is 0.150. The molecule has 1 aliphatic heterocycles. The molecule has 0 amide bonds. The second kappa shape index (κ2) is 4.97. The van der Waals surface area contributed by atoms with Crippen LogP contribution in [0.25, 0.3) is 0 Å². The fraction of sp³-hybridized carbons (Fsp3) is 0.250. The van der Waals surface area contributed by atoms with Gasteiger partial charge in [0.25, 0.3) is 0 Å². The Balaban J connectivity index is 1.97. The van der Waals surface area contributed by atoms with Crippen LogP contribution in [0.5, 0.6) is 0 Å². The van der Waals surface area contributed by atoms with Gasteiger partial charge < -0.3 is 10.5 Å². The van der Waals surface area contributed by atoms with Crippen LogP contribution in [0.2, 0.25) is 5.02 Å². The number of ether oxygens (including phenoxy) is 1. The SMILES string of the molecule is Cc1cc(Cl)cc(C(N)c2ccc3c(c2)COC3)c1. The number of nitrogens with two attached hydrogens (primary N) is 1. The maximum Gasteiger partial charge on any atom is 0.0725 e. The fourth-order valence-corrected chi connectivity index (χ4v) is 2.82. The molecule has 3 heteroatoms. The van der Waals surface area contributed by atoms with E-state index in [-0.39, 0.29) is 6.04 Å². The summed E-state index contributed by atoms with van der Waals surface area (Å²) in [6, 6.07) is 12.1. The minimum atomic E-state index is -0.150. The molecule has 2 nitrogen and oxygen atoms in total. The number of benzene rings is 2. The Morgan fingerprint density at radius 2 is 1.84 bits per heavy atom. The van der Waals surface area contributed by atoms with Crippen molar-refractivity contribution in [3.8, 4) is 0 Å². The standard InChI is InChI=1S/C16H16ClNO/c1-10-4-13(7-15(17)5-10)16(18)11-2-3-12-8-19-9-14(12)6-11/h2-7,16H,8-9,18H2,1H3. The normalized spacial score (nSPS) is 15.3. The monoisotopic (exact) mass is 273 g/mol. The molecule has 0 saturated heterocycles. The van der Waals surface area contributed by atoms with E-state index in [0.29, 0.717) is 13.2 Å². The van der Waals surface area contributed by atoms with E-state index >= 15 is 0 Å². The molecular formula is C16H16ClNO. The number of rotatable bonds is 2. The summed E-state index contributed by atoms with van der Waals surface area (Å²) in [6.45, 7) is 3.42. The van der Waals surface area contributed by atoms with Crippen LogP contribution in [0.4, 0.5) is 0 Å². The molecule has 2 aromatic carbocycles. The number of halogens is 1. The third kappa shape index (κ3) is 2.52. The first-order valence-corrected chi connectivity index (χ1v) is 6.73. The van der Waals surface area contributed by atoms with Crippen LogP contribution in [0.15, 0.2) is 36.4 Å². The van der Waals surface area contributed by atoms with Crippen molar-refractivity contribution in [3.05, 3.63) is 69.2 Å². The average Bonchev–Trinajstić information content (AvgIpc) is 2.83. The van der Waals surface area contributed by atoms with E-state index in [1.807, 2.05) is 19.1 Å². The number of aryl methyl sites for hydroxylation is 1. The van der Waals surface area contributed by atoms with E-state index in [1.54, 1.807) is 0 Å². The summed E-state index contributed by atoms with van der Waals surface area (Å²) < 4.78 is 5.43. The van der Waals surface area contributed by atoms with E-state index in [0.717, 1.165) is 21.7 Å². The first kappa shape index (κ1) is 12.7. The third-order valence-corrected chi connectivity index (χ3v) is 3.75. The van der Waals surface area contributed by atoms with Gasteiger partial charge in [-0.15, -0.1) is 0 Å². The van der Waals surface area contributed by atoms with Gasteiger partial charge in [0.05, 0.1) is 19.3 Å². The van der Waals surface area contributed by atoms with E-state index in [2.05, 4.69) is 24.3 Å². The molecule has 0 fully saturated rings. The highest BCUT2D eigenvalue weighted by molar-refractivity contribution is 6.30. The summed E-state index contributed by atoms with van der Waals surface area (Å²) in [5.74, 6) is 0. The highest BCUT2D eigenvalue weighted by atomic mass is 35.5. The molecule has 0 bridgehead atoms. The molecule has 0 aliphatic carbocycles. The van der Waals surface area contributed by atoms with Gasteiger partial charge in [-0.05, 0) is 46.9 Å². The largest absolute Gasteiger partial charge is 0.372 e. The van der Waals surface area contributed by atoms with Gasteiger partial charge in [0.1, 0.15) is 0 Å². The van der Waals surface area contributed by atoms with Crippen molar-refractivity contribution < 1.29 is 4.74 Å². The lowest BCUT2D eigenvalue weighted by atomic mass is 9.95. The molecule has 0 spiro atoms. The fourth-order valence-electron chi connectivity index (χ4n) is 2.52. The molecule has 1 atom stereocenters. The van der Waals surface area contributed by atoms with Crippen LogP contribution in [0.1, 0.15) is 33.9 Å². The summed E-state index contributed by atoms with van der Waals surface area (Å²) in [5, 5.41) is 0.731. The van der Waals surface area contributed by atoms with Gasteiger partial charge in [-0.3, -0.25) is 0 Å². The van der Waals surface area contributed by atoms with Gasteiger partial charge in [-0.1, -0.05) is 35.9 Å². The lowest BCUT2D eigenvalue weighted by molar-refractivity contribution is 0.134. The van der Waals surface area contributed by atoms with Gasteiger partial charge in [0.15, 0.2) is 0 Å². The Bertz CT molecular complexity index is 604. The minimum Gasteiger partial charge on any atom is -0.372 e. The molecule has 1 aliphatic rings. The summed E-state index contributed by atoms with van der Waals surface area (Å²) in [5.41, 5.74) is 12.1. The van der Waals surface area contributed by atoms with Crippen molar-refractivity contribution >= 4 is 11.6 Å². The zero-order valence-corrected chi connectivity index (χ0v) is 11.6. The Morgan fingerprint density at radius 3 is 2.63 bits per heavy atom. The molecule has 1 unspecified atom stereocenters. The van der Waals surface area contributed by atoms with Gasteiger partial charge in [-0.25, -0.2) is 0 Å². The average molecular weight is 274 g/mol. The van der Waals surface area contributed by atoms with E-state index in [9.17, 15) is 0 Å². The Morgan fingerprint density at radius 1 is 1.05 bits per heavy atom. The predicted molar refractivity (Wildman–Crippen MR) is 77.2 cm³/mol. The summed E-state index contributed by atoms with van der Waals surface area (Å²) in [7, 11) is 0. The highest BCUT2D eigenvalue weighted by Crippen LogP contribution is 2.28. The highest BCUT2D eigenvalue weighted by Gasteiger charge is 2.15. The summed E-state index contributed by atoms with van der Waals surface area (Å²) in [6.07, 6.45) is 0. The number of hydrogen-bond acceptors (Lipinski definition) is 2. The van der Waals surface area contributed by atoms with Gasteiger partial charge in [0, 0.05) is 5.02 Å². The molecule has 0 radical (unpaired) electrons. The van der Waals surface area contributed by atoms with Crippen LogP contribution in [0, 0.1) is 6.92 Å². The van der Waals surface area contributed by atoms with E-state index in [1.165, 1.54) is 11.1 Å². The molecule has 0 saturated carbocycles. The first-order valence-electron chi connectivity index (χ1n) is 6.35. The Labute approximate surface area is 118 Å². The molecule has 3 rings (SSSR count). The van der Waals surface area contributed by atoms with Crippen molar-refractivity contribution in [1.82, 2.24) is 0 Å². The summed E-state index contributed by atoms with van der Waals surface area (Å²) in [4.78, 5) is 0. The van der Waals surface area contributed by atoms with E-state index < -0.39 is 0 Å². The Kier molecular flexibility index (Phi) is 3.31. The van der Waals surface area contributed by atoms with E-state index in [4.69, 9.17) is 22.1 Å². The number of hydrogen-bond donors (Lipinski definition) is 1. The first-order chi connectivity index (χ1) is 9.13. The lowest BCUT2D eigenvalue weighted by Gasteiger charge is -2.15. The topological polar surface area (TPSA) is 35.2 Å². The van der Waals surface area contributed by atoms with Gasteiger partial charge in [-0.2, -0.15) is 0 Å². The zero-order chi connectivity index (χ0) is 13.4. The van der Waals surface area contributed by atoms with Crippen LogP contribution in [-0.4, -0.2) is 0 Å². The summed E-state index contributed by atoms with van der Waals surface area (Å²) >= 11 is 6.10. The quantitative estimate of drug-likeness (QED) is 0.905. The smallest absolute Gasteiger partial charge is 0.0725 e. The van der Waals surface area contributed by atoms with Crippen molar-refractivity contribution in [1.29, 1.82) is 0 Å². The molecule has 1 heterocycles. The molecule has 2 aromatic rings. The van der Waals surface area contributed by atoms with Crippen molar-refractivity contribution in [2.24, 2.45) is 5.73 Å². The van der Waals surface area contributed by atoms with Crippen LogP contribution in [-0.2, 0) is 18.0 Å². The molecule has 98 valence electrons. The van der Waals surface area contributed by atoms with Gasteiger partial charge >= 0.3 is 0 Å². The van der Waals surface area contributed by atoms with Crippen LogP contribution in [0.3, 0.4) is 0 Å².